The number of ether oxygens (including phenoxy) is 3. The van der Waals surface area contributed by atoms with Crippen LogP contribution in [0.2, 0.25) is 0 Å². The number of halogens is 2. The molecule has 0 bridgehead atoms. The lowest BCUT2D eigenvalue weighted by Gasteiger charge is -2.10. The van der Waals surface area contributed by atoms with E-state index < -0.39 is 0 Å². The molecule has 15 heavy (non-hydrogen) atoms. The Hall–Kier alpha value is 0.840. The molecule has 0 radical (unpaired) electrons. The molecular formula is C10H20Br2O3. The summed E-state index contributed by atoms with van der Waals surface area (Å²) in [7, 11) is 1.67. The van der Waals surface area contributed by atoms with Gasteiger partial charge in [-0.15, -0.1) is 0 Å². The van der Waals surface area contributed by atoms with E-state index in [1.54, 1.807) is 7.11 Å². The van der Waals surface area contributed by atoms with Gasteiger partial charge in [0.2, 0.25) is 0 Å². The molecule has 0 aromatic carbocycles. The van der Waals surface area contributed by atoms with Gasteiger partial charge in [0.1, 0.15) is 0 Å². The molecule has 0 N–H and O–H groups in total. The average Bonchev–Trinajstić information content (AvgIpc) is 2.27. The summed E-state index contributed by atoms with van der Waals surface area (Å²) < 4.78 is 15.6. The van der Waals surface area contributed by atoms with Crippen LogP contribution in [0.1, 0.15) is 6.42 Å². The fourth-order valence-corrected chi connectivity index (χ4v) is 2.63. The summed E-state index contributed by atoms with van der Waals surface area (Å²) >= 11 is 6.93. The van der Waals surface area contributed by atoms with Crippen molar-refractivity contribution in [3.05, 3.63) is 0 Å². The van der Waals surface area contributed by atoms with Gasteiger partial charge in [-0.1, -0.05) is 31.9 Å². The van der Waals surface area contributed by atoms with Gasteiger partial charge in [0, 0.05) is 24.4 Å². The number of hydrogen-bond acceptors (Lipinski definition) is 3. The summed E-state index contributed by atoms with van der Waals surface area (Å²) in [5, 5.41) is 2.04. The molecule has 5 heteroatoms. The monoisotopic (exact) mass is 346 g/mol. The van der Waals surface area contributed by atoms with E-state index in [2.05, 4.69) is 31.9 Å². The molecule has 0 unspecified atom stereocenters. The second-order valence-corrected chi connectivity index (χ2v) is 4.48. The van der Waals surface area contributed by atoms with Crippen molar-refractivity contribution in [1.82, 2.24) is 0 Å². The average molecular weight is 348 g/mol. The van der Waals surface area contributed by atoms with Gasteiger partial charge in [-0.25, -0.2) is 0 Å². The first-order chi connectivity index (χ1) is 7.35. The van der Waals surface area contributed by atoms with Crippen LogP contribution in [-0.4, -0.2) is 50.8 Å². The molecular weight excluding hydrogens is 328 g/mol. The summed E-state index contributed by atoms with van der Waals surface area (Å²) in [6, 6.07) is 0. The third kappa shape index (κ3) is 11.1. The minimum absolute atomic E-state index is 0.644. The van der Waals surface area contributed by atoms with Crippen LogP contribution in [0.3, 0.4) is 0 Å². The molecule has 0 aromatic rings. The van der Waals surface area contributed by atoms with Gasteiger partial charge in [0.15, 0.2) is 0 Å². The molecule has 0 atom stereocenters. The van der Waals surface area contributed by atoms with E-state index in [1.165, 1.54) is 0 Å². The SMILES string of the molecule is COCCOCCOCCC(CBr)CBr. The summed E-state index contributed by atoms with van der Waals surface area (Å²) in [4.78, 5) is 0. The minimum atomic E-state index is 0.644. The maximum absolute atomic E-state index is 5.44. The second kappa shape index (κ2) is 12.9. The Kier molecular flexibility index (Phi) is 13.6. The van der Waals surface area contributed by atoms with Gasteiger partial charge >= 0.3 is 0 Å². The molecule has 92 valence electrons. The quantitative estimate of drug-likeness (QED) is 0.424. The zero-order chi connectivity index (χ0) is 11.4. The first-order valence-corrected chi connectivity index (χ1v) is 7.35. The summed E-state index contributed by atoms with van der Waals surface area (Å²) in [5.74, 6) is 0.652. The van der Waals surface area contributed by atoms with Crippen molar-refractivity contribution in [3.63, 3.8) is 0 Å². The summed E-state index contributed by atoms with van der Waals surface area (Å²) in [5.41, 5.74) is 0. The third-order valence-electron chi connectivity index (χ3n) is 1.91. The van der Waals surface area contributed by atoms with Crippen molar-refractivity contribution in [2.45, 2.75) is 6.42 Å². The van der Waals surface area contributed by atoms with Gasteiger partial charge in [-0.3, -0.25) is 0 Å². The molecule has 0 saturated heterocycles. The van der Waals surface area contributed by atoms with E-state index >= 15 is 0 Å². The Labute approximate surface area is 109 Å². The second-order valence-electron chi connectivity index (χ2n) is 3.18. The smallest absolute Gasteiger partial charge is 0.0701 e. The number of alkyl halides is 2. The van der Waals surface area contributed by atoms with Crippen molar-refractivity contribution in [1.29, 1.82) is 0 Å². The lowest BCUT2D eigenvalue weighted by atomic mass is 10.1. The molecule has 0 aliphatic heterocycles. The van der Waals surface area contributed by atoms with E-state index in [0.29, 0.717) is 32.3 Å². The Bertz CT molecular complexity index is 121. The van der Waals surface area contributed by atoms with Crippen LogP contribution in [0.15, 0.2) is 0 Å². The number of rotatable bonds is 11. The zero-order valence-electron chi connectivity index (χ0n) is 9.21. The summed E-state index contributed by atoms with van der Waals surface area (Å²) in [6.45, 7) is 3.41. The highest BCUT2D eigenvalue weighted by Gasteiger charge is 2.04. The summed E-state index contributed by atoms with van der Waals surface area (Å²) in [6.07, 6.45) is 1.08. The van der Waals surface area contributed by atoms with Crippen molar-refractivity contribution in [2.24, 2.45) is 5.92 Å². The molecule has 0 rings (SSSR count). The molecule has 0 aromatic heterocycles. The first-order valence-electron chi connectivity index (χ1n) is 5.11. The van der Waals surface area contributed by atoms with Crippen molar-refractivity contribution in [3.8, 4) is 0 Å². The molecule has 3 nitrogen and oxygen atoms in total. The molecule has 0 aliphatic carbocycles. The van der Waals surface area contributed by atoms with Crippen LogP contribution in [0.25, 0.3) is 0 Å². The van der Waals surface area contributed by atoms with Crippen molar-refractivity contribution in [2.75, 3.05) is 50.8 Å². The van der Waals surface area contributed by atoms with Gasteiger partial charge in [-0.2, -0.15) is 0 Å². The zero-order valence-corrected chi connectivity index (χ0v) is 12.4. The molecule has 0 heterocycles. The van der Waals surface area contributed by atoms with Crippen LogP contribution < -0.4 is 0 Å². The minimum Gasteiger partial charge on any atom is -0.382 e. The first kappa shape index (κ1) is 15.8. The number of methoxy groups -OCH3 is 1. The van der Waals surface area contributed by atoms with Gasteiger partial charge in [-0.05, 0) is 12.3 Å². The highest BCUT2D eigenvalue weighted by Crippen LogP contribution is 2.09. The lowest BCUT2D eigenvalue weighted by molar-refractivity contribution is 0.0228. The largest absolute Gasteiger partial charge is 0.382 e. The molecule has 0 fully saturated rings. The van der Waals surface area contributed by atoms with E-state index in [9.17, 15) is 0 Å². The van der Waals surface area contributed by atoms with Crippen molar-refractivity contribution >= 4 is 31.9 Å². The molecule has 0 aliphatic rings. The molecule has 0 spiro atoms. The van der Waals surface area contributed by atoms with Crippen LogP contribution >= 0.6 is 31.9 Å². The lowest BCUT2D eigenvalue weighted by Crippen LogP contribution is -2.12. The maximum atomic E-state index is 5.44. The van der Waals surface area contributed by atoms with E-state index in [-0.39, 0.29) is 0 Å². The predicted molar refractivity (Wildman–Crippen MR) is 69.2 cm³/mol. The molecule has 0 amide bonds. The topological polar surface area (TPSA) is 27.7 Å². The third-order valence-corrected chi connectivity index (χ3v) is 3.74. The van der Waals surface area contributed by atoms with E-state index in [1.807, 2.05) is 0 Å². The van der Waals surface area contributed by atoms with E-state index in [0.717, 1.165) is 23.7 Å². The van der Waals surface area contributed by atoms with Crippen LogP contribution in [0.4, 0.5) is 0 Å². The standard InChI is InChI=1S/C10H20Br2O3/c1-13-4-5-15-7-6-14-3-2-10(8-11)9-12/h10H,2-9H2,1H3. The fourth-order valence-electron chi connectivity index (χ4n) is 0.910. The van der Waals surface area contributed by atoms with E-state index in [4.69, 9.17) is 14.2 Å². The highest BCUT2D eigenvalue weighted by molar-refractivity contribution is 9.09. The van der Waals surface area contributed by atoms with Crippen LogP contribution in [-0.2, 0) is 14.2 Å². The predicted octanol–water partition coefficient (Wildman–Crippen LogP) is 2.46. The van der Waals surface area contributed by atoms with Crippen molar-refractivity contribution < 1.29 is 14.2 Å². The molecule has 0 saturated carbocycles. The normalized spacial score (nSPS) is 11.2. The Morgan fingerprint density at radius 2 is 1.40 bits per heavy atom. The van der Waals surface area contributed by atoms with Gasteiger partial charge in [0.25, 0.3) is 0 Å². The fraction of sp³-hybridized carbons (Fsp3) is 1.00. The Balaban J connectivity index is 3.04. The Morgan fingerprint density at radius 3 is 1.93 bits per heavy atom. The van der Waals surface area contributed by atoms with Crippen LogP contribution in [0.5, 0.6) is 0 Å². The van der Waals surface area contributed by atoms with Crippen LogP contribution in [0, 0.1) is 5.92 Å². The number of hydrogen-bond donors (Lipinski definition) is 0. The Morgan fingerprint density at radius 1 is 0.867 bits per heavy atom. The maximum Gasteiger partial charge on any atom is 0.0701 e. The van der Waals surface area contributed by atoms with Gasteiger partial charge < -0.3 is 14.2 Å². The van der Waals surface area contributed by atoms with Gasteiger partial charge in [0.05, 0.1) is 26.4 Å². The highest BCUT2D eigenvalue weighted by atomic mass is 79.9.